The fourth-order valence-corrected chi connectivity index (χ4v) is 8.10. The molecule has 0 aromatic heterocycles. The molecule has 2 unspecified atom stereocenters. The van der Waals surface area contributed by atoms with E-state index < -0.39 is 12.1 Å². The Morgan fingerprint density at radius 2 is 0.783 bits per heavy atom. The Balaban J connectivity index is 3.37. The first-order valence-corrected chi connectivity index (χ1v) is 26.6. The summed E-state index contributed by atoms with van der Waals surface area (Å²) in [5, 5.41) is 22.9. The molecule has 0 rings (SSSR count). The number of aliphatic hydroxyl groups is 2. The van der Waals surface area contributed by atoms with Gasteiger partial charge in [0.15, 0.2) is 0 Å². The lowest BCUT2D eigenvalue weighted by Gasteiger charge is -2.20. The summed E-state index contributed by atoms with van der Waals surface area (Å²) in [5.41, 5.74) is 0. The Bertz CT molecular complexity index is 935. The Morgan fingerprint density at radius 3 is 1.22 bits per heavy atom. The van der Waals surface area contributed by atoms with Crippen LogP contribution in [0.3, 0.4) is 0 Å². The van der Waals surface area contributed by atoms with Gasteiger partial charge in [0.25, 0.3) is 0 Å². The normalized spacial score (nSPS) is 12.8. The number of carbonyl (C=O) groups excluding carboxylic acids is 2. The Morgan fingerprint density at radius 1 is 0.450 bits per heavy atom. The van der Waals surface area contributed by atoms with E-state index in [0.717, 1.165) is 44.9 Å². The minimum Gasteiger partial charge on any atom is -0.466 e. The van der Waals surface area contributed by atoms with E-state index in [4.69, 9.17) is 4.74 Å². The van der Waals surface area contributed by atoms with Crippen molar-refractivity contribution in [1.82, 2.24) is 5.32 Å². The van der Waals surface area contributed by atoms with Crippen molar-refractivity contribution in [3.63, 3.8) is 0 Å². The molecule has 354 valence electrons. The Hall–Kier alpha value is -1.66. The van der Waals surface area contributed by atoms with Crippen LogP contribution in [0.1, 0.15) is 284 Å². The van der Waals surface area contributed by atoms with Crippen LogP contribution in [0.5, 0.6) is 0 Å². The summed E-state index contributed by atoms with van der Waals surface area (Å²) in [6.45, 7) is 4.85. The van der Waals surface area contributed by atoms with Gasteiger partial charge in [0, 0.05) is 12.8 Å². The fourth-order valence-electron chi connectivity index (χ4n) is 8.10. The summed E-state index contributed by atoms with van der Waals surface area (Å²) in [7, 11) is 0. The van der Waals surface area contributed by atoms with Crippen LogP contribution in [0.4, 0.5) is 0 Å². The zero-order valence-corrected chi connectivity index (χ0v) is 40.2. The van der Waals surface area contributed by atoms with Gasteiger partial charge in [0.2, 0.25) is 5.91 Å². The van der Waals surface area contributed by atoms with Gasteiger partial charge >= 0.3 is 5.97 Å². The van der Waals surface area contributed by atoms with Crippen molar-refractivity contribution in [1.29, 1.82) is 0 Å². The van der Waals surface area contributed by atoms with Crippen molar-refractivity contribution >= 4 is 11.9 Å². The van der Waals surface area contributed by atoms with Crippen LogP contribution in [-0.2, 0) is 14.3 Å². The molecule has 0 aliphatic heterocycles. The van der Waals surface area contributed by atoms with Gasteiger partial charge in [-0.05, 0) is 57.8 Å². The molecule has 2 atom stereocenters. The van der Waals surface area contributed by atoms with E-state index in [2.05, 4.69) is 31.3 Å². The van der Waals surface area contributed by atoms with Crippen LogP contribution < -0.4 is 5.32 Å². The topological polar surface area (TPSA) is 95.9 Å². The molecule has 0 radical (unpaired) electrons. The van der Waals surface area contributed by atoms with Gasteiger partial charge in [-0.15, -0.1) is 0 Å². The molecule has 0 saturated heterocycles. The first-order chi connectivity index (χ1) is 29.5. The SMILES string of the molecule is CCCCC/C=C\CCCCCCCC(=O)OCCCCCCCCCCCCCCCCCCCCCCCCC(=O)NC(CO)C(O)/C=C/CCCCCCCCC. The highest BCUT2D eigenvalue weighted by atomic mass is 16.5. The van der Waals surface area contributed by atoms with Crippen LogP contribution in [0, 0.1) is 0 Å². The molecular weight excluding hydrogens is 743 g/mol. The standard InChI is InChI=1S/C54H103NO5/c1-3-5-7-9-11-13-14-28-32-36-40-44-48-54(59)60-49-45-41-37-33-29-26-24-22-20-18-16-15-17-19-21-23-25-27-31-35-39-43-47-53(58)55-51(50-56)52(57)46-42-38-34-30-12-10-8-6-4-2/h11,13,42,46,51-52,56-57H,3-10,12,14-41,43-45,47-50H2,1-2H3,(H,55,58)/b13-11-,46-42+. The van der Waals surface area contributed by atoms with Gasteiger partial charge in [0.05, 0.1) is 25.4 Å². The molecule has 0 heterocycles. The van der Waals surface area contributed by atoms with Crippen molar-refractivity contribution in [2.24, 2.45) is 0 Å². The lowest BCUT2D eigenvalue weighted by atomic mass is 10.0. The number of esters is 1. The number of carbonyl (C=O) groups is 2. The van der Waals surface area contributed by atoms with Crippen LogP contribution in [-0.4, -0.2) is 47.4 Å². The summed E-state index contributed by atoms with van der Waals surface area (Å²) < 4.78 is 5.46. The number of hydrogen-bond acceptors (Lipinski definition) is 5. The number of unbranched alkanes of at least 4 members (excludes halogenated alkanes) is 36. The Labute approximate surface area is 373 Å². The minimum atomic E-state index is -0.841. The third-order valence-corrected chi connectivity index (χ3v) is 12.2. The van der Waals surface area contributed by atoms with E-state index in [9.17, 15) is 19.8 Å². The predicted octanol–water partition coefficient (Wildman–Crippen LogP) is 15.9. The van der Waals surface area contributed by atoms with E-state index in [0.29, 0.717) is 19.4 Å². The summed E-state index contributed by atoms with van der Waals surface area (Å²) in [4.78, 5) is 24.4. The predicted molar refractivity (Wildman–Crippen MR) is 260 cm³/mol. The van der Waals surface area contributed by atoms with Crippen molar-refractivity contribution in [2.75, 3.05) is 13.2 Å². The molecule has 60 heavy (non-hydrogen) atoms. The molecule has 0 aromatic carbocycles. The average Bonchev–Trinajstić information content (AvgIpc) is 3.25. The third kappa shape index (κ3) is 45.9. The van der Waals surface area contributed by atoms with Crippen molar-refractivity contribution in [3.8, 4) is 0 Å². The van der Waals surface area contributed by atoms with Crippen LogP contribution >= 0.6 is 0 Å². The van der Waals surface area contributed by atoms with E-state index in [1.165, 1.54) is 212 Å². The number of nitrogens with one attached hydrogen (secondary N) is 1. The minimum absolute atomic E-state index is 0.00209. The number of aliphatic hydroxyl groups excluding tert-OH is 2. The highest BCUT2D eigenvalue weighted by Crippen LogP contribution is 2.16. The number of allylic oxidation sites excluding steroid dienone is 3. The summed E-state index contributed by atoms with van der Waals surface area (Å²) in [5.74, 6) is -0.0689. The highest BCUT2D eigenvalue weighted by Gasteiger charge is 2.18. The molecule has 0 fully saturated rings. The van der Waals surface area contributed by atoms with Gasteiger partial charge in [-0.1, -0.05) is 237 Å². The summed E-state index contributed by atoms with van der Waals surface area (Å²) in [6, 6.07) is -0.625. The van der Waals surface area contributed by atoms with E-state index in [-0.39, 0.29) is 18.5 Å². The second-order valence-electron chi connectivity index (χ2n) is 18.2. The van der Waals surface area contributed by atoms with Gasteiger partial charge in [-0.25, -0.2) is 0 Å². The van der Waals surface area contributed by atoms with Crippen LogP contribution in [0.15, 0.2) is 24.3 Å². The van der Waals surface area contributed by atoms with Gasteiger partial charge in [0.1, 0.15) is 0 Å². The maximum Gasteiger partial charge on any atom is 0.305 e. The fraction of sp³-hybridized carbons (Fsp3) is 0.889. The molecule has 0 aliphatic carbocycles. The smallest absolute Gasteiger partial charge is 0.305 e. The van der Waals surface area contributed by atoms with E-state index in [1.54, 1.807) is 6.08 Å². The van der Waals surface area contributed by atoms with E-state index in [1.807, 2.05) is 6.08 Å². The number of ether oxygens (including phenoxy) is 1. The molecule has 6 nitrogen and oxygen atoms in total. The second kappa shape index (κ2) is 50.0. The highest BCUT2D eigenvalue weighted by molar-refractivity contribution is 5.76. The quantitative estimate of drug-likeness (QED) is 0.0322. The largest absolute Gasteiger partial charge is 0.466 e. The molecular formula is C54H103NO5. The molecule has 3 N–H and O–H groups in total. The lowest BCUT2D eigenvalue weighted by Crippen LogP contribution is -2.45. The molecule has 0 bridgehead atoms. The van der Waals surface area contributed by atoms with Crippen LogP contribution in [0.25, 0.3) is 0 Å². The Kier molecular flexibility index (Phi) is 48.6. The molecule has 1 amide bonds. The first-order valence-electron chi connectivity index (χ1n) is 26.6. The van der Waals surface area contributed by atoms with E-state index >= 15 is 0 Å². The average molecular weight is 846 g/mol. The van der Waals surface area contributed by atoms with Crippen molar-refractivity contribution in [3.05, 3.63) is 24.3 Å². The zero-order chi connectivity index (χ0) is 43.7. The van der Waals surface area contributed by atoms with Crippen LogP contribution in [0.2, 0.25) is 0 Å². The van der Waals surface area contributed by atoms with Crippen molar-refractivity contribution < 1.29 is 24.5 Å². The molecule has 6 heteroatoms. The first kappa shape index (κ1) is 58.3. The number of hydrogen-bond donors (Lipinski definition) is 3. The monoisotopic (exact) mass is 846 g/mol. The third-order valence-electron chi connectivity index (χ3n) is 12.2. The van der Waals surface area contributed by atoms with Gasteiger partial charge < -0.3 is 20.3 Å². The zero-order valence-electron chi connectivity index (χ0n) is 40.2. The van der Waals surface area contributed by atoms with Gasteiger partial charge in [-0.3, -0.25) is 9.59 Å². The maximum absolute atomic E-state index is 12.4. The molecule has 0 aromatic rings. The molecule has 0 saturated carbocycles. The summed E-state index contributed by atoms with van der Waals surface area (Å²) >= 11 is 0. The van der Waals surface area contributed by atoms with Crippen molar-refractivity contribution in [2.45, 2.75) is 296 Å². The maximum atomic E-state index is 12.4. The number of rotatable bonds is 49. The van der Waals surface area contributed by atoms with Gasteiger partial charge in [-0.2, -0.15) is 0 Å². The second-order valence-corrected chi connectivity index (χ2v) is 18.2. The lowest BCUT2D eigenvalue weighted by molar-refractivity contribution is -0.143. The summed E-state index contributed by atoms with van der Waals surface area (Å²) in [6.07, 6.45) is 59.1. The molecule has 0 spiro atoms. The number of amides is 1. The molecule has 0 aliphatic rings.